The lowest BCUT2D eigenvalue weighted by atomic mass is 10.1. The maximum absolute atomic E-state index is 5.26. The number of hydrogen-bond donors (Lipinski definition) is 0. The monoisotopic (exact) mass is 311 g/mol. The first-order valence-electron chi connectivity index (χ1n) is 7.82. The number of hydrogen-bond acceptors (Lipinski definition) is 3. The summed E-state index contributed by atoms with van der Waals surface area (Å²) < 4.78 is 6.56. The van der Waals surface area contributed by atoms with Gasteiger partial charge in [0.25, 0.3) is 0 Å². The number of unbranched alkanes of at least 4 members (excludes halogenated alkanes) is 2. The van der Waals surface area contributed by atoms with Gasteiger partial charge in [0.05, 0.1) is 22.3 Å². The fourth-order valence-electron chi connectivity index (χ4n) is 2.64. The van der Waals surface area contributed by atoms with Crippen LogP contribution in [-0.2, 0) is 12.8 Å². The summed E-state index contributed by atoms with van der Waals surface area (Å²) in [5, 5.41) is 1.27. The first kappa shape index (κ1) is 15.0. The van der Waals surface area contributed by atoms with E-state index in [-0.39, 0.29) is 0 Å². The second-order valence-corrected chi connectivity index (χ2v) is 6.60. The summed E-state index contributed by atoms with van der Waals surface area (Å²) in [6.07, 6.45) is 5.89. The lowest BCUT2D eigenvalue weighted by Crippen LogP contribution is -1.90. The van der Waals surface area contributed by atoms with Crippen LogP contribution in [0.2, 0.25) is 0 Å². The number of ether oxygens (including phenoxy) is 1. The molecule has 1 heterocycles. The summed E-state index contributed by atoms with van der Waals surface area (Å²) in [7, 11) is 1.72. The molecule has 3 heteroatoms. The SMILES string of the molecule is COc1cccc(CCCCCc2nc3ccccc3s2)c1. The van der Waals surface area contributed by atoms with Crippen LogP contribution in [0.3, 0.4) is 0 Å². The van der Waals surface area contributed by atoms with E-state index in [9.17, 15) is 0 Å². The molecule has 0 spiro atoms. The smallest absolute Gasteiger partial charge is 0.119 e. The number of aromatic nitrogens is 1. The maximum Gasteiger partial charge on any atom is 0.119 e. The average molecular weight is 311 g/mol. The number of fused-ring (bicyclic) bond motifs is 1. The van der Waals surface area contributed by atoms with Crippen molar-refractivity contribution in [3.63, 3.8) is 0 Å². The van der Waals surface area contributed by atoms with Gasteiger partial charge in [0.1, 0.15) is 5.75 Å². The van der Waals surface area contributed by atoms with E-state index in [0.29, 0.717) is 0 Å². The number of benzene rings is 2. The minimum Gasteiger partial charge on any atom is -0.497 e. The molecule has 0 aliphatic carbocycles. The van der Waals surface area contributed by atoms with Gasteiger partial charge in [-0.2, -0.15) is 0 Å². The zero-order chi connectivity index (χ0) is 15.2. The van der Waals surface area contributed by atoms with Gasteiger partial charge in [-0.3, -0.25) is 0 Å². The van der Waals surface area contributed by atoms with E-state index in [4.69, 9.17) is 9.72 Å². The van der Waals surface area contributed by atoms with Crippen molar-refractivity contribution in [2.45, 2.75) is 32.1 Å². The van der Waals surface area contributed by atoms with Gasteiger partial charge < -0.3 is 4.74 Å². The normalized spacial score (nSPS) is 11.0. The molecule has 1 aromatic heterocycles. The summed E-state index contributed by atoms with van der Waals surface area (Å²) in [5.74, 6) is 0.951. The molecule has 22 heavy (non-hydrogen) atoms. The first-order valence-corrected chi connectivity index (χ1v) is 8.64. The van der Waals surface area contributed by atoms with Gasteiger partial charge in [0.15, 0.2) is 0 Å². The number of methoxy groups -OCH3 is 1. The van der Waals surface area contributed by atoms with Crippen LogP contribution in [0.1, 0.15) is 29.8 Å². The lowest BCUT2D eigenvalue weighted by Gasteiger charge is -2.04. The molecule has 2 nitrogen and oxygen atoms in total. The van der Waals surface area contributed by atoms with E-state index in [2.05, 4.69) is 42.5 Å². The Hall–Kier alpha value is -1.87. The largest absolute Gasteiger partial charge is 0.497 e. The van der Waals surface area contributed by atoms with Crippen LogP contribution in [0, 0.1) is 0 Å². The van der Waals surface area contributed by atoms with Crippen molar-refractivity contribution in [3.05, 3.63) is 59.1 Å². The van der Waals surface area contributed by atoms with Crippen molar-refractivity contribution < 1.29 is 4.74 Å². The summed E-state index contributed by atoms with van der Waals surface area (Å²) in [6, 6.07) is 16.8. The number of nitrogens with zero attached hydrogens (tertiary/aromatic N) is 1. The topological polar surface area (TPSA) is 22.1 Å². The number of para-hydroxylation sites is 1. The van der Waals surface area contributed by atoms with Crippen LogP contribution in [0.4, 0.5) is 0 Å². The second kappa shape index (κ2) is 7.41. The molecule has 0 N–H and O–H groups in total. The van der Waals surface area contributed by atoms with E-state index in [1.165, 1.54) is 34.5 Å². The molecule has 2 aromatic carbocycles. The summed E-state index contributed by atoms with van der Waals surface area (Å²) >= 11 is 1.83. The van der Waals surface area contributed by atoms with Crippen LogP contribution in [0.5, 0.6) is 5.75 Å². The van der Waals surface area contributed by atoms with Gasteiger partial charge >= 0.3 is 0 Å². The Balaban J connectivity index is 1.43. The van der Waals surface area contributed by atoms with E-state index < -0.39 is 0 Å². The molecule has 0 fully saturated rings. The van der Waals surface area contributed by atoms with Crippen LogP contribution >= 0.6 is 11.3 Å². The Labute approximate surface area is 135 Å². The highest BCUT2D eigenvalue weighted by Gasteiger charge is 2.03. The fourth-order valence-corrected chi connectivity index (χ4v) is 3.65. The van der Waals surface area contributed by atoms with Crippen LogP contribution < -0.4 is 4.74 Å². The molecule has 0 atom stereocenters. The summed E-state index contributed by atoms with van der Waals surface area (Å²) in [6.45, 7) is 0. The van der Waals surface area contributed by atoms with Crippen LogP contribution in [0.15, 0.2) is 48.5 Å². The summed E-state index contributed by atoms with van der Waals surface area (Å²) in [5.41, 5.74) is 2.50. The van der Waals surface area contributed by atoms with Crippen molar-refractivity contribution in [1.82, 2.24) is 4.98 Å². The molecule has 3 rings (SSSR count). The van der Waals surface area contributed by atoms with Gasteiger partial charge in [-0.1, -0.05) is 30.7 Å². The van der Waals surface area contributed by atoms with Crippen LogP contribution in [-0.4, -0.2) is 12.1 Å². The lowest BCUT2D eigenvalue weighted by molar-refractivity contribution is 0.414. The predicted molar refractivity (Wildman–Crippen MR) is 93.9 cm³/mol. The molecule has 0 saturated carbocycles. The van der Waals surface area contributed by atoms with E-state index in [0.717, 1.165) is 24.1 Å². The highest BCUT2D eigenvalue weighted by molar-refractivity contribution is 7.18. The highest BCUT2D eigenvalue weighted by Crippen LogP contribution is 2.23. The predicted octanol–water partition coefficient (Wildman–Crippen LogP) is 5.26. The third-order valence-corrected chi connectivity index (χ3v) is 4.92. The Morgan fingerprint density at radius 2 is 1.82 bits per heavy atom. The molecule has 0 unspecified atom stereocenters. The molecular weight excluding hydrogens is 290 g/mol. The molecule has 0 bridgehead atoms. The van der Waals surface area contributed by atoms with Gasteiger partial charge in [-0.15, -0.1) is 11.3 Å². The van der Waals surface area contributed by atoms with Gasteiger partial charge in [-0.05, 0) is 55.5 Å². The van der Waals surface area contributed by atoms with Crippen molar-refractivity contribution in [2.24, 2.45) is 0 Å². The quantitative estimate of drug-likeness (QED) is 0.555. The molecule has 0 saturated heterocycles. The van der Waals surface area contributed by atoms with Gasteiger partial charge in [-0.25, -0.2) is 4.98 Å². The van der Waals surface area contributed by atoms with Gasteiger partial charge in [0, 0.05) is 0 Å². The molecule has 0 aliphatic rings. The first-order chi connectivity index (χ1) is 10.8. The highest BCUT2D eigenvalue weighted by atomic mass is 32.1. The molecular formula is C19H21NOS. The standard InChI is InChI=1S/C19H21NOS/c1-21-16-10-7-9-15(14-16)8-3-2-4-13-19-20-17-11-5-6-12-18(17)22-19/h5-7,9-12,14H,2-4,8,13H2,1H3. The van der Waals surface area contributed by atoms with Crippen molar-refractivity contribution in [2.75, 3.05) is 7.11 Å². The van der Waals surface area contributed by atoms with E-state index in [1.54, 1.807) is 7.11 Å². The van der Waals surface area contributed by atoms with E-state index >= 15 is 0 Å². The number of rotatable bonds is 7. The Kier molecular flexibility index (Phi) is 5.07. The molecule has 0 aliphatic heterocycles. The number of aryl methyl sites for hydroxylation is 2. The number of thiazole rings is 1. The van der Waals surface area contributed by atoms with Crippen LogP contribution in [0.25, 0.3) is 10.2 Å². The molecule has 114 valence electrons. The third-order valence-electron chi connectivity index (χ3n) is 3.83. The van der Waals surface area contributed by atoms with E-state index in [1.807, 2.05) is 17.4 Å². The molecule has 3 aromatic rings. The summed E-state index contributed by atoms with van der Waals surface area (Å²) in [4.78, 5) is 4.69. The molecule has 0 radical (unpaired) electrons. The van der Waals surface area contributed by atoms with Crippen molar-refractivity contribution >= 4 is 21.6 Å². The maximum atomic E-state index is 5.26. The third kappa shape index (κ3) is 3.86. The zero-order valence-electron chi connectivity index (χ0n) is 12.9. The molecule has 0 amide bonds. The Morgan fingerprint density at radius 3 is 2.68 bits per heavy atom. The van der Waals surface area contributed by atoms with Gasteiger partial charge in [0.2, 0.25) is 0 Å². The zero-order valence-corrected chi connectivity index (χ0v) is 13.7. The van der Waals surface area contributed by atoms with Crippen molar-refractivity contribution in [1.29, 1.82) is 0 Å². The Bertz CT molecular complexity index is 702. The fraction of sp³-hybridized carbons (Fsp3) is 0.316. The minimum absolute atomic E-state index is 0.951. The average Bonchev–Trinajstić information content (AvgIpc) is 2.97. The van der Waals surface area contributed by atoms with Crippen molar-refractivity contribution in [3.8, 4) is 5.75 Å². The second-order valence-electron chi connectivity index (χ2n) is 5.49. The Morgan fingerprint density at radius 1 is 0.955 bits per heavy atom. The minimum atomic E-state index is 0.951.